The number of Topliss-reactive ketones (excluding diaryl/α,β-unsaturated/α-hetero) is 1. The van der Waals surface area contributed by atoms with Crippen molar-refractivity contribution >= 4 is 40.3 Å². The summed E-state index contributed by atoms with van der Waals surface area (Å²) in [5, 5.41) is 3.49. The number of carbonyl (C=O) groups is 2. The van der Waals surface area contributed by atoms with Gasteiger partial charge in [-0.25, -0.2) is 4.39 Å². The Balaban J connectivity index is 0.928. The van der Waals surface area contributed by atoms with E-state index in [9.17, 15) is 14.0 Å². The van der Waals surface area contributed by atoms with Crippen molar-refractivity contribution in [2.75, 3.05) is 96.8 Å². The molecule has 1 fully saturated rings. The van der Waals surface area contributed by atoms with Crippen molar-refractivity contribution in [3.8, 4) is 11.3 Å². The highest BCUT2D eigenvalue weighted by atomic mass is 32.2. The molecule has 11 nitrogen and oxygen atoms in total. The fourth-order valence-corrected chi connectivity index (χ4v) is 6.48. The number of anilines is 1. The molecule has 292 valence electrons. The van der Waals surface area contributed by atoms with Crippen LogP contribution in [0.1, 0.15) is 57.5 Å². The summed E-state index contributed by atoms with van der Waals surface area (Å²) in [7, 11) is 1.60. The fourth-order valence-electron chi connectivity index (χ4n) is 5.87. The van der Waals surface area contributed by atoms with E-state index in [2.05, 4.69) is 15.7 Å². The molecule has 0 unspecified atom stereocenters. The number of benzene rings is 3. The lowest BCUT2D eigenvalue weighted by Gasteiger charge is -2.24. The smallest absolute Gasteiger partial charge is 0.255 e. The highest BCUT2D eigenvalue weighted by Gasteiger charge is 2.31. The molecule has 13 heteroatoms. The molecule has 4 aromatic rings. The van der Waals surface area contributed by atoms with E-state index in [1.165, 1.54) is 17.7 Å². The summed E-state index contributed by atoms with van der Waals surface area (Å²) in [5.41, 5.74) is 5.58. The van der Waals surface area contributed by atoms with Gasteiger partial charge in [0, 0.05) is 35.9 Å². The Bertz CT molecular complexity index is 1780. The average Bonchev–Trinajstić information content (AvgIpc) is 3.97. The van der Waals surface area contributed by atoms with Gasteiger partial charge in [0.1, 0.15) is 17.2 Å². The number of nitrogens with one attached hydrogen (secondary N) is 1. The molecule has 3 aromatic carbocycles. The molecule has 1 saturated carbocycles. The maximum Gasteiger partial charge on any atom is 0.255 e. The fraction of sp³-hybridized carbons (Fsp3) is 0.463. The van der Waals surface area contributed by atoms with Crippen LogP contribution in [0.25, 0.3) is 22.3 Å². The Morgan fingerprint density at radius 3 is 1.96 bits per heavy atom. The Kier molecular flexibility index (Phi) is 16.8. The number of hydrogen-bond donors (Lipinski definition) is 1. The van der Waals surface area contributed by atoms with E-state index in [0.717, 1.165) is 29.5 Å². The number of halogens is 1. The zero-order chi connectivity index (χ0) is 38.1. The Labute approximate surface area is 320 Å². The lowest BCUT2D eigenvalue weighted by molar-refractivity contribution is -0.0173. The molecule has 0 aliphatic heterocycles. The first kappa shape index (κ1) is 41.3. The van der Waals surface area contributed by atoms with Gasteiger partial charge in [0.25, 0.3) is 5.91 Å². The second-order valence-corrected chi connectivity index (χ2v) is 13.5. The quantitative estimate of drug-likeness (QED) is 0.0402. The van der Waals surface area contributed by atoms with Crippen LogP contribution in [0.15, 0.2) is 65.1 Å². The average molecular weight is 767 g/mol. The van der Waals surface area contributed by atoms with Crippen LogP contribution in [0.3, 0.4) is 0 Å². The van der Waals surface area contributed by atoms with E-state index < -0.39 is 0 Å². The van der Waals surface area contributed by atoms with Gasteiger partial charge in [0.2, 0.25) is 0 Å². The zero-order valence-electron chi connectivity index (χ0n) is 31.4. The summed E-state index contributed by atoms with van der Waals surface area (Å²) in [6, 6.07) is 17.5. The molecule has 1 aromatic heterocycles. The normalized spacial score (nSPS) is 12.7. The number of furan rings is 1. The lowest BCUT2D eigenvalue weighted by atomic mass is 10.0. The van der Waals surface area contributed by atoms with Crippen molar-refractivity contribution in [2.24, 2.45) is 0 Å². The highest BCUT2D eigenvalue weighted by molar-refractivity contribution is 7.99. The molecule has 1 amide bonds. The number of ketones is 1. The second-order valence-electron chi connectivity index (χ2n) is 12.7. The molecule has 0 bridgehead atoms. The van der Waals surface area contributed by atoms with Gasteiger partial charge in [-0.05, 0) is 73.2 Å². The lowest BCUT2D eigenvalue weighted by Crippen LogP contribution is -2.22. The minimum atomic E-state index is -0.351. The van der Waals surface area contributed by atoms with Gasteiger partial charge >= 0.3 is 0 Å². The number of hydrogen-bond acceptors (Lipinski definition) is 11. The van der Waals surface area contributed by atoms with Crippen molar-refractivity contribution in [2.45, 2.75) is 32.3 Å². The van der Waals surface area contributed by atoms with Crippen LogP contribution in [0.4, 0.5) is 10.1 Å². The van der Waals surface area contributed by atoms with Crippen LogP contribution >= 0.6 is 11.9 Å². The molecule has 1 heterocycles. The van der Waals surface area contributed by atoms with Crippen LogP contribution in [0, 0.1) is 5.82 Å². The van der Waals surface area contributed by atoms with Gasteiger partial charge in [-0.3, -0.25) is 9.59 Å². The molecular formula is C41H51FN2O9S. The molecule has 1 aliphatic carbocycles. The van der Waals surface area contributed by atoms with Crippen LogP contribution in [0.5, 0.6) is 0 Å². The zero-order valence-corrected chi connectivity index (χ0v) is 32.2. The maximum absolute atomic E-state index is 13.7. The SMILES string of the molecule is CNC(=O)c1c(-c2ccc(F)cc2)oc2cc(N(CCOCCOCCOCCOCCOCCOCc3cccc(C(C)=O)c3)SC)c(C3CC3)cc12. The van der Waals surface area contributed by atoms with Crippen LogP contribution < -0.4 is 9.62 Å². The van der Waals surface area contributed by atoms with Crippen molar-refractivity contribution in [3.63, 3.8) is 0 Å². The number of fused-ring (bicyclic) bond motifs is 1. The Morgan fingerprint density at radius 2 is 1.41 bits per heavy atom. The first-order chi connectivity index (χ1) is 26.4. The molecule has 1 N–H and O–H groups in total. The van der Waals surface area contributed by atoms with Gasteiger partial charge in [0.05, 0.1) is 97.1 Å². The van der Waals surface area contributed by atoms with Gasteiger partial charge in [0.15, 0.2) is 5.78 Å². The van der Waals surface area contributed by atoms with E-state index >= 15 is 0 Å². The van der Waals surface area contributed by atoms with Gasteiger partial charge in [-0.15, -0.1) is 0 Å². The first-order valence-electron chi connectivity index (χ1n) is 18.4. The summed E-state index contributed by atoms with van der Waals surface area (Å²) in [6.45, 7) is 7.84. The van der Waals surface area contributed by atoms with Crippen molar-refractivity contribution in [1.82, 2.24) is 5.32 Å². The molecule has 0 spiro atoms. The van der Waals surface area contributed by atoms with Gasteiger partial charge < -0.3 is 42.5 Å². The molecule has 5 rings (SSSR count). The third kappa shape index (κ3) is 12.4. The monoisotopic (exact) mass is 766 g/mol. The summed E-state index contributed by atoms with van der Waals surface area (Å²) in [6.07, 6.45) is 4.22. The number of amides is 1. The summed E-state index contributed by atoms with van der Waals surface area (Å²) >= 11 is 1.61. The maximum atomic E-state index is 13.7. The Morgan fingerprint density at radius 1 is 0.815 bits per heavy atom. The summed E-state index contributed by atoms with van der Waals surface area (Å²) in [4.78, 5) is 24.5. The molecule has 0 radical (unpaired) electrons. The minimum Gasteiger partial charge on any atom is -0.455 e. The predicted octanol–water partition coefficient (Wildman–Crippen LogP) is 7.06. The molecule has 0 atom stereocenters. The third-order valence-electron chi connectivity index (χ3n) is 8.81. The minimum absolute atomic E-state index is 0.0405. The summed E-state index contributed by atoms with van der Waals surface area (Å²) in [5.74, 6) is 0.288. The number of ether oxygens (including phenoxy) is 6. The van der Waals surface area contributed by atoms with E-state index in [0.29, 0.717) is 120 Å². The summed E-state index contributed by atoms with van der Waals surface area (Å²) < 4.78 is 56.0. The van der Waals surface area contributed by atoms with E-state index in [1.807, 2.05) is 30.5 Å². The second kappa shape index (κ2) is 21.9. The standard InChI is InChI=1S/C41H51FN2O9S/c1-29(45)33-6-4-5-30(25-33)28-52-24-23-51-22-21-50-20-19-49-18-17-48-16-15-47-14-13-44(54-3)37-27-38-36(26-35(37)31-7-8-31)39(41(46)43-2)40(53-38)32-9-11-34(42)12-10-32/h4-6,9-12,25-27,31H,7-8,13-24,28H2,1-3H3,(H,43,46). The number of nitrogens with zero attached hydrogens (tertiary/aromatic N) is 1. The highest BCUT2D eigenvalue weighted by Crippen LogP contribution is 2.48. The van der Waals surface area contributed by atoms with Crippen molar-refractivity contribution in [3.05, 3.63) is 88.7 Å². The van der Waals surface area contributed by atoms with E-state index in [4.69, 9.17) is 32.8 Å². The van der Waals surface area contributed by atoms with Crippen LogP contribution in [0.2, 0.25) is 0 Å². The number of rotatable bonds is 26. The Hall–Kier alpha value is -3.82. The number of carbonyl (C=O) groups excluding carboxylic acids is 2. The van der Waals surface area contributed by atoms with Crippen LogP contribution in [-0.4, -0.2) is 104 Å². The first-order valence-corrected chi connectivity index (χ1v) is 19.5. The van der Waals surface area contributed by atoms with E-state index in [1.54, 1.807) is 44.1 Å². The third-order valence-corrected chi connectivity index (χ3v) is 9.63. The van der Waals surface area contributed by atoms with E-state index in [-0.39, 0.29) is 17.5 Å². The largest absolute Gasteiger partial charge is 0.455 e. The molecule has 54 heavy (non-hydrogen) atoms. The van der Waals surface area contributed by atoms with Crippen molar-refractivity contribution < 1.29 is 46.8 Å². The predicted molar refractivity (Wildman–Crippen MR) is 208 cm³/mol. The van der Waals surface area contributed by atoms with Crippen molar-refractivity contribution in [1.29, 1.82) is 0 Å². The molecular weight excluding hydrogens is 716 g/mol. The topological polar surface area (TPSA) is 118 Å². The molecule has 0 saturated heterocycles. The molecule has 1 aliphatic rings. The van der Waals surface area contributed by atoms with Gasteiger partial charge in [-0.1, -0.05) is 30.1 Å². The van der Waals surface area contributed by atoms with Crippen LogP contribution in [-0.2, 0) is 35.0 Å². The van der Waals surface area contributed by atoms with Gasteiger partial charge in [-0.2, -0.15) is 0 Å².